The van der Waals surface area contributed by atoms with Crippen LogP contribution in [-0.4, -0.2) is 17.4 Å². The summed E-state index contributed by atoms with van der Waals surface area (Å²) in [5.41, 5.74) is 2.35. The topological polar surface area (TPSA) is 50.7 Å². The Balaban J connectivity index is 2.69. The van der Waals surface area contributed by atoms with Crippen LogP contribution in [0.25, 0.3) is 0 Å². The van der Waals surface area contributed by atoms with Crippen molar-refractivity contribution in [3.63, 3.8) is 0 Å². The quantitative estimate of drug-likeness (QED) is 0.649. The van der Waals surface area contributed by atoms with Gasteiger partial charge < -0.3 is 4.74 Å². The van der Waals surface area contributed by atoms with E-state index < -0.39 is 11.7 Å². The first kappa shape index (κ1) is 14.2. The highest BCUT2D eigenvalue weighted by atomic mass is 19.1. The average Bonchev–Trinajstić information content (AvgIpc) is 2.24. The first-order valence-corrected chi connectivity index (χ1v) is 5.58. The molecule has 0 aliphatic rings. The molecule has 0 radical (unpaired) electrons. The summed E-state index contributed by atoms with van der Waals surface area (Å²) >= 11 is 0. The van der Waals surface area contributed by atoms with Gasteiger partial charge in [0, 0.05) is 5.56 Å². The molecule has 0 saturated carbocycles. The van der Waals surface area contributed by atoms with E-state index in [4.69, 9.17) is 4.74 Å². The van der Waals surface area contributed by atoms with Crippen LogP contribution < -0.4 is 5.43 Å². The van der Waals surface area contributed by atoms with Gasteiger partial charge in [0.25, 0.3) is 0 Å². The van der Waals surface area contributed by atoms with E-state index in [0.29, 0.717) is 11.3 Å². The number of hydrogen-bond acceptors (Lipinski definition) is 3. The van der Waals surface area contributed by atoms with Gasteiger partial charge in [-0.2, -0.15) is 5.10 Å². The summed E-state index contributed by atoms with van der Waals surface area (Å²) < 4.78 is 18.4. The lowest BCUT2D eigenvalue weighted by atomic mass is 10.1. The second-order valence-corrected chi connectivity index (χ2v) is 4.79. The van der Waals surface area contributed by atoms with Gasteiger partial charge >= 0.3 is 6.09 Å². The fraction of sp³-hybridized carbons (Fsp3) is 0.385. The second-order valence-electron chi connectivity index (χ2n) is 4.79. The number of rotatable bonds is 2. The molecule has 1 rings (SSSR count). The van der Waals surface area contributed by atoms with Gasteiger partial charge in [0.1, 0.15) is 11.4 Å². The van der Waals surface area contributed by atoms with Crippen molar-refractivity contribution in [1.82, 2.24) is 5.43 Å². The Morgan fingerprint density at radius 3 is 2.50 bits per heavy atom. The molecule has 0 unspecified atom stereocenters. The number of nitrogens with zero attached hydrogens (tertiary/aromatic N) is 1. The third kappa shape index (κ3) is 4.53. The predicted molar refractivity (Wildman–Crippen MR) is 68.0 cm³/mol. The predicted octanol–water partition coefficient (Wildman–Crippen LogP) is 3.07. The van der Waals surface area contributed by atoms with E-state index >= 15 is 0 Å². The summed E-state index contributed by atoms with van der Waals surface area (Å²) in [5.74, 6) is -0.385. The number of hydrogen-bond donors (Lipinski definition) is 1. The summed E-state index contributed by atoms with van der Waals surface area (Å²) in [5, 5.41) is 3.79. The molecule has 4 nitrogen and oxygen atoms in total. The maximum atomic E-state index is 13.4. The first-order chi connectivity index (χ1) is 8.29. The Bertz CT molecular complexity index is 464. The van der Waals surface area contributed by atoms with Crippen LogP contribution in [0.1, 0.15) is 33.3 Å². The third-order valence-corrected chi connectivity index (χ3v) is 1.98. The summed E-state index contributed by atoms with van der Waals surface area (Å²) in [6.07, 6.45) is -0.668. The molecule has 1 N–H and O–H groups in total. The highest BCUT2D eigenvalue weighted by Gasteiger charge is 2.15. The summed E-state index contributed by atoms with van der Waals surface area (Å²) in [4.78, 5) is 11.3. The lowest BCUT2D eigenvalue weighted by Crippen LogP contribution is -2.30. The highest BCUT2D eigenvalue weighted by Crippen LogP contribution is 2.08. The van der Waals surface area contributed by atoms with Crippen molar-refractivity contribution in [1.29, 1.82) is 0 Å². The second kappa shape index (κ2) is 5.62. The number of nitrogens with one attached hydrogen (secondary N) is 1. The molecule has 98 valence electrons. The monoisotopic (exact) mass is 252 g/mol. The van der Waals surface area contributed by atoms with Crippen LogP contribution in [0.2, 0.25) is 0 Å². The number of hydrazone groups is 1. The molecule has 0 aromatic heterocycles. The van der Waals surface area contributed by atoms with Gasteiger partial charge in [-0.1, -0.05) is 18.2 Å². The van der Waals surface area contributed by atoms with Crippen LogP contribution in [-0.2, 0) is 4.74 Å². The molecular weight excluding hydrogens is 235 g/mol. The number of carbonyl (C=O) groups excluding carboxylic acids is 1. The van der Waals surface area contributed by atoms with Crippen molar-refractivity contribution in [2.24, 2.45) is 5.10 Å². The Labute approximate surface area is 106 Å². The molecule has 0 atom stereocenters. The van der Waals surface area contributed by atoms with Crippen molar-refractivity contribution in [2.45, 2.75) is 33.3 Å². The SMILES string of the molecule is C/C(=N\NC(=O)OC(C)(C)C)c1ccccc1F. The molecular formula is C13H17FN2O2. The van der Waals surface area contributed by atoms with Gasteiger partial charge in [-0.3, -0.25) is 0 Å². The van der Waals surface area contributed by atoms with Crippen molar-refractivity contribution < 1.29 is 13.9 Å². The molecule has 1 aromatic carbocycles. The van der Waals surface area contributed by atoms with Crippen LogP contribution in [0.5, 0.6) is 0 Å². The lowest BCUT2D eigenvalue weighted by Gasteiger charge is -2.18. The van der Waals surface area contributed by atoms with E-state index in [-0.39, 0.29) is 5.82 Å². The number of halogens is 1. The molecule has 0 bridgehead atoms. The Morgan fingerprint density at radius 2 is 1.94 bits per heavy atom. The standard InChI is InChI=1S/C13H17FN2O2/c1-9(10-7-5-6-8-11(10)14)15-16-12(17)18-13(2,3)4/h5-8H,1-4H3,(H,16,17)/b15-9+. The van der Waals surface area contributed by atoms with Crippen LogP contribution in [0.3, 0.4) is 0 Å². The van der Waals surface area contributed by atoms with Gasteiger partial charge in [0.2, 0.25) is 0 Å². The largest absolute Gasteiger partial charge is 0.443 e. The van der Waals surface area contributed by atoms with Crippen molar-refractivity contribution >= 4 is 11.8 Å². The third-order valence-electron chi connectivity index (χ3n) is 1.98. The zero-order valence-corrected chi connectivity index (χ0v) is 11.0. The normalized spacial score (nSPS) is 12.2. The van der Waals surface area contributed by atoms with E-state index in [9.17, 15) is 9.18 Å². The molecule has 0 heterocycles. The van der Waals surface area contributed by atoms with E-state index in [1.54, 1.807) is 45.9 Å². The number of benzene rings is 1. The zero-order chi connectivity index (χ0) is 13.8. The average molecular weight is 252 g/mol. The first-order valence-electron chi connectivity index (χ1n) is 5.58. The minimum atomic E-state index is -0.668. The molecule has 0 saturated heterocycles. The minimum absolute atomic E-state index is 0.341. The maximum Gasteiger partial charge on any atom is 0.428 e. The maximum absolute atomic E-state index is 13.4. The molecule has 0 aliphatic heterocycles. The fourth-order valence-electron chi connectivity index (χ4n) is 1.25. The summed E-state index contributed by atoms with van der Waals surface area (Å²) in [7, 11) is 0. The fourth-order valence-corrected chi connectivity index (χ4v) is 1.25. The van der Waals surface area contributed by atoms with Gasteiger partial charge in [0.15, 0.2) is 0 Å². The molecule has 1 aromatic rings. The van der Waals surface area contributed by atoms with E-state index in [1.807, 2.05) is 0 Å². The molecule has 0 aliphatic carbocycles. The Kier molecular flexibility index (Phi) is 4.42. The van der Waals surface area contributed by atoms with Crippen molar-refractivity contribution in [2.75, 3.05) is 0 Å². The van der Waals surface area contributed by atoms with Crippen LogP contribution in [0.4, 0.5) is 9.18 Å². The van der Waals surface area contributed by atoms with Crippen molar-refractivity contribution in [3.8, 4) is 0 Å². The van der Waals surface area contributed by atoms with Gasteiger partial charge in [-0.15, -0.1) is 0 Å². The lowest BCUT2D eigenvalue weighted by molar-refractivity contribution is 0.0529. The Morgan fingerprint density at radius 1 is 1.33 bits per heavy atom. The zero-order valence-electron chi connectivity index (χ0n) is 11.0. The summed E-state index contributed by atoms with van der Waals surface area (Å²) in [6, 6.07) is 6.21. The van der Waals surface area contributed by atoms with Crippen LogP contribution >= 0.6 is 0 Å². The molecule has 1 amide bonds. The van der Waals surface area contributed by atoms with Crippen molar-refractivity contribution in [3.05, 3.63) is 35.6 Å². The molecule has 0 fully saturated rings. The number of ether oxygens (including phenoxy) is 1. The Hall–Kier alpha value is -1.91. The molecule has 18 heavy (non-hydrogen) atoms. The number of amides is 1. The molecule has 0 spiro atoms. The molecule has 5 heteroatoms. The van der Waals surface area contributed by atoms with Gasteiger partial charge in [-0.25, -0.2) is 14.6 Å². The van der Waals surface area contributed by atoms with E-state index in [1.165, 1.54) is 6.07 Å². The van der Waals surface area contributed by atoms with Gasteiger partial charge in [-0.05, 0) is 33.8 Å². The van der Waals surface area contributed by atoms with Crippen LogP contribution in [0.15, 0.2) is 29.4 Å². The minimum Gasteiger partial charge on any atom is -0.443 e. The van der Waals surface area contributed by atoms with Gasteiger partial charge in [0.05, 0.1) is 5.71 Å². The smallest absolute Gasteiger partial charge is 0.428 e. The highest BCUT2D eigenvalue weighted by molar-refractivity contribution is 5.99. The number of carbonyl (C=O) groups is 1. The van der Waals surface area contributed by atoms with Crippen LogP contribution in [0, 0.1) is 5.82 Å². The van der Waals surface area contributed by atoms with E-state index in [0.717, 1.165) is 0 Å². The summed E-state index contributed by atoms with van der Waals surface area (Å²) in [6.45, 7) is 6.86. The van der Waals surface area contributed by atoms with E-state index in [2.05, 4.69) is 10.5 Å².